The van der Waals surface area contributed by atoms with Gasteiger partial charge in [-0.25, -0.2) is 0 Å². The van der Waals surface area contributed by atoms with Crippen LogP contribution in [0.3, 0.4) is 0 Å². The van der Waals surface area contributed by atoms with Crippen molar-refractivity contribution in [3.8, 4) is 0 Å². The number of hydrogen-bond acceptors (Lipinski definition) is 2. The first-order chi connectivity index (χ1) is 7.27. The molecule has 0 radical (unpaired) electrons. The summed E-state index contributed by atoms with van der Waals surface area (Å²) in [6.45, 7) is 2.68. The first kappa shape index (κ1) is 10.9. The zero-order chi connectivity index (χ0) is 10.7. The number of thiocarbonyl (C=S) groups is 1. The average Bonchev–Trinajstić information content (AvgIpc) is 2.50. The molecule has 0 aromatic heterocycles. The van der Waals surface area contributed by atoms with Gasteiger partial charge in [-0.2, -0.15) is 0 Å². The van der Waals surface area contributed by atoms with E-state index in [0.29, 0.717) is 5.91 Å². The summed E-state index contributed by atoms with van der Waals surface area (Å²) < 4.78 is 0. The lowest BCUT2D eigenvalue weighted by molar-refractivity contribution is -0.132. The van der Waals surface area contributed by atoms with Crippen molar-refractivity contribution in [1.29, 1.82) is 0 Å². The van der Waals surface area contributed by atoms with Crippen LogP contribution in [0.5, 0.6) is 0 Å². The van der Waals surface area contributed by atoms with E-state index in [-0.39, 0.29) is 0 Å². The Kier molecular flexibility index (Phi) is 3.57. The summed E-state index contributed by atoms with van der Waals surface area (Å²) in [7, 11) is 0. The summed E-state index contributed by atoms with van der Waals surface area (Å²) in [4.78, 5) is 17.0. The van der Waals surface area contributed by atoms with Crippen molar-refractivity contribution >= 4 is 23.1 Å². The summed E-state index contributed by atoms with van der Waals surface area (Å²) in [5.74, 6) is 0.308. The third-order valence-electron chi connectivity index (χ3n) is 3.18. The smallest absolute Gasteiger partial charge is 0.223 e. The number of rotatable bonds is 2. The molecule has 0 saturated carbocycles. The maximum atomic E-state index is 11.8. The quantitative estimate of drug-likeness (QED) is 0.670. The van der Waals surface area contributed by atoms with Crippen LogP contribution >= 0.6 is 12.2 Å². The number of carbonyl (C=O) groups is 1. The molecule has 0 aliphatic carbocycles. The fourth-order valence-corrected chi connectivity index (χ4v) is 2.54. The zero-order valence-electron chi connectivity index (χ0n) is 9.07. The normalized spacial score (nSPS) is 23.5. The van der Waals surface area contributed by atoms with E-state index >= 15 is 0 Å². The molecule has 2 rings (SSSR count). The van der Waals surface area contributed by atoms with Crippen molar-refractivity contribution in [2.24, 2.45) is 0 Å². The van der Waals surface area contributed by atoms with Gasteiger partial charge in [0.15, 0.2) is 0 Å². The van der Waals surface area contributed by atoms with Gasteiger partial charge in [-0.3, -0.25) is 4.79 Å². The molecule has 2 aliphatic heterocycles. The van der Waals surface area contributed by atoms with Gasteiger partial charge in [0.1, 0.15) is 0 Å². The van der Waals surface area contributed by atoms with Crippen LogP contribution in [0.15, 0.2) is 0 Å². The van der Waals surface area contributed by atoms with Gasteiger partial charge < -0.3 is 9.80 Å². The van der Waals surface area contributed by atoms with Crippen molar-refractivity contribution in [1.82, 2.24) is 9.80 Å². The molecular weight excluding hydrogens is 208 g/mol. The molecule has 2 fully saturated rings. The minimum atomic E-state index is 0.308. The van der Waals surface area contributed by atoms with E-state index in [1.165, 1.54) is 6.42 Å². The predicted octanol–water partition coefficient (Wildman–Crippen LogP) is 1.77. The summed E-state index contributed by atoms with van der Waals surface area (Å²) in [5.41, 5.74) is 0. The van der Waals surface area contributed by atoms with Crippen LogP contribution in [-0.2, 0) is 4.79 Å². The molecular formula is C11H18N2OS. The SMILES string of the molecule is O=C1CCCCCN1CN1CCCC1=S. The summed E-state index contributed by atoms with van der Waals surface area (Å²) in [6.07, 6.45) is 6.29. The minimum Gasteiger partial charge on any atom is -0.348 e. The zero-order valence-corrected chi connectivity index (χ0v) is 9.89. The minimum absolute atomic E-state index is 0.308. The van der Waals surface area contributed by atoms with Crippen LogP contribution in [0.25, 0.3) is 0 Å². The molecule has 0 unspecified atom stereocenters. The van der Waals surface area contributed by atoms with Gasteiger partial charge in [-0.1, -0.05) is 18.6 Å². The third-order valence-corrected chi connectivity index (χ3v) is 3.65. The molecule has 0 aromatic rings. The molecule has 0 atom stereocenters. The van der Waals surface area contributed by atoms with Gasteiger partial charge in [-0.15, -0.1) is 0 Å². The van der Waals surface area contributed by atoms with E-state index in [4.69, 9.17) is 12.2 Å². The third kappa shape index (κ3) is 2.68. The predicted molar refractivity (Wildman–Crippen MR) is 63.6 cm³/mol. The molecule has 2 saturated heterocycles. The lowest BCUT2D eigenvalue weighted by Gasteiger charge is -2.27. The monoisotopic (exact) mass is 226 g/mol. The van der Waals surface area contributed by atoms with Crippen molar-refractivity contribution in [2.45, 2.75) is 38.5 Å². The van der Waals surface area contributed by atoms with Crippen molar-refractivity contribution in [2.75, 3.05) is 19.8 Å². The Morgan fingerprint density at radius 1 is 1.00 bits per heavy atom. The number of nitrogens with zero attached hydrogens (tertiary/aromatic N) is 2. The molecule has 2 aliphatic rings. The van der Waals surface area contributed by atoms with E-state index in [0.717, 1.165) is 56.9 Å². The second-order valence-corrected chi connectivity index (χ2v) is 4.84. The van der Waals surface area contributed by atoms with Crippen LogP contribution in [-0.4, -0.2) is 40.5 Å². The lowest BCUT2D eigenvalue weighted by atomic mass is 10.2. The van der Waals surface area contributed by atoms with Crippen LogP contribution in [0, 0.1) is 0 Å². The summed E-state index contributed by atoms with van der Waals surface area (Å²) in [5, 5.41) is 0. The molecule has 84 valence electrons. The lowest BCUT2D eigenvalue weighted by Crippen LogP contribution is -2.41. The largest absolute Gasteiger partial charge is 0.348 e. The second kappa shape index (κ2) is 4.92. The van der Waals surface area contributed by atoms with E-state index in [9.17, 15) is 4.79 Å². The molecule has 0 spiro atoms. The molecule has 1 amide bonds. The Labute approximate surface area is 96.4 Å². The standard InChI is InChI=1S/C11H18N2OS/c14-10-5-2-1-3-7-12(10)9-13-8-4-6-11(13)15/h1-9H2. The molecule has 3 nitrogen and oxygen atoms in total. The van der Waals surface area contributed by atoms with E-state index in [2.05, 4.69) is 4.90 Å². The van der Waals surface area contributed by atoms with E-state index in [1.807, 2.05) is 4.90 Å². The summed E-state index contributed by atoms with van der Waals surface area (Å²) in [6, 6.07) is 0. The summed E-state index contributed by atoms with van der Waals surface area (Å²) >= 11 is 5.27. The molecule has 15 heavy (non-hydrogen) atoms. The van der Waals surface area contributed by atoms with Crippen molar-refractivity contribution in [3.05, 3.63) is 0 Å². The highest BCUT2D eigenvalue weighted by molar-refractivity contribution is 7.80. The first-order valence-corrected chi connectivity index (χ1v) is 6.24. The van der Waals surface area contributed by atoms with Gasteiger partial charge in [-0.05, 0) is 25.7 Å². The van der Waals surface area contributed by atoms with Crippen LogP contribution in [0.1, 0.15) is 38.5 Å². The van der Waals surface area contributed by atoms with Gasteiger partial charge >= 0.3 is 0 Å². The molecule has 2 heterocycles. The van der Waals surface area contributed by atoms with Crippen LogP contribution < -0.4 is 0 Å². The Balaban J connectivity index is 1.91. The number of amides is 1. The first-order valence-electron chi connectivity index (χ1n) is 5.83. The Bertz CT molecular complexity index is 267. The second-order valence-electron chi connectivity index (χ2n) is 4.37. The average molecular weight is 226 g/mol. The number of likely N-dealkylation sites (tertiary alicyclic amines) is 2. The Hall–Kier alpha value is -0.640. The van der Waals surface area contributed by atoms with Crippen molar-refractivity contribution in [3.63, 3.8) is 0 Å². The van der Waals surface area contributed by atoms with Gasteiger partial charge in [0, 0.05) is 19.5 Å². The van der Waals surface area contributed by atoms with Gasteiger partial charge in [0.2, 0.25) is 5.91 Å². The van der Waals surface area contributed by atoms with Gasteiger partial charge in [0.05, 0.1) is 11.7 Å². The molecule has 0 N–H and O–H groups in total. The number of hydrogen-bond donors (Lipinski definition) is 0. The van der Waals surface area contributed by atoms with E-state index < -0.39 is 0 Å². The molecule has 0 aromatic carbocycles. The van der Waals surface area contributed by atoms with Crippen LogP contribution in [0.4, 0.5) is 0 Å². The fraction of sp³-hybridized carbons (Fsp3) is 0.818. The fourth-order valence-electron chi connectivity index (χ4n) is 2.25. The van der Waals surface area contributed by atoms with Crippen LogP contribution in [0.2, 0.25) is 0 Å². The van der Waals surface area contributed by atoms with Gasteiger partial charge in [0.25, 0.3) is 0 Å². The Morgan fingerprint density at radius 3 is 2.53 bits per heavy atom. The van der Waals surface area contributed by atoms with E-state index in [1.54, 1.807) is 0 Å². The topological polar surface area (TPSA) is 23.6 Å². The highest BCUT2D eigenvalue weighted by atomic mass is 32.1. The molecule has 4 heteroatoms. The Morgan fingerprint density at radius 2 is 1.80 bits per heavy atom. The number of carbonyl (C=O) groups excluding carboxylic acids is 1. The van der Waals surface area contributed by atoms with Crippen molar-refractivity contribution < 1.29 is 4.79 Å². The maximum Gasteiger partial charge on any atom is 0.223 e. The highest BCUT2D eigenvalue weighted by Crippen LogP contribution is 2.16. The highest BCUT2D eigenvalue weighted by Gasteiger charge is 2.22. The molecule has 0 bridgehead atoms. The maximum absolute atomic E-state index is 11.8.